The van der Waals surface area contributed by atoms with Gasteiger partial charge in [-0.05, 0) is 0 Å². The molecule has 0 saturated heterocycles. The fourth-order valence-electron chi connectivity index (χ4n) is 0.295. The van der Waals surface area contributed by atoms with Crippen molar-refractivity contribution in [1.82, 2.24) is 5.32 Å². The molecule has 0 saturated carbocycles. The number of hydrogen-bond acceptors (Lipinski definition) is 2. The average molecular weight is 194 g/mol. The summed E-state index contributed by atoms with van der Waals surface area (Å²) in [5.41, 5.74) is 4.85. The van der Waals surface area contributed by atoms with Gasteiger partial charge in [-0.3, -0.25) is 0 Å². The van der Waals surface area contributed by atoms with Crippen LogP contribution >= 0.6 is 0 Å². The molecule has 0 unspecified atom stereocenters. The van der Waals surface area contributed by atoms with Crippen molar-refractivity contribution < 1.29 is 9.59 Å². The van der Waals surface area contributed by atoms with Gasteiger partial charge in [-0.2, -0.15) is 0 Å². The quantitative estimate of drug-likeness (QED) is 0.408. The van der Waals surface area contributed by atoms with E-state index < -0.39 is 11.9 Å². The molecule has 0 spiro atoms. The minimum absolute atomic E-state index is 0.411. The summed E-state index contributed by atoms with van der Waals surface area (Å²) in [5, 5.41) is 2.66. The molecule has 51 valence electrons. The molecule has 0 aliphatic heterocycles. The monoisotopic (exact) mass is 195 g/mol. The first-order valence-electron chi connectivity index (χ1n) is 2.29. The van der Waals surface area contributed by atoms with Crippen LogP contribution in [0, 0.1) is 0 Å². The van der Waals surface area contributed by atoms with Gasteiger partial charge in [0.05, 0.1) is 0 Å². The Bertz CT molecular complexity index is 117. The molecule has 0 aliphatic carbocycles. The van der Waals surface area contributed by atoms with Gasteiger partial charge in [0.1, 0.15) is 0 Å². The van der Waals surface area contributed by atoms with Crippen molar-refractivity contribution in [2.24, 2.45) is 5.73 Å². The van der Waals surface area contributed by atoms with Crippen LogP contribution in [0.3, 0.4) is 0 Å². The predicted octanol–water partition coefficient (Wildman–Crippen LogP) is -1.83. The number of hydrogen-bond donors (Lipinski definition) is 2. The first-order valence-corrected chi connectivity index (χ1v) is 3.50. The van der Waals surface area contributed by atoms with Crippen LogP contribution in [0.15, 0.2) is 0 Å². The Kier molecular flexibility index (Phi) is 4.09. The molecular formula is C4H7N2O2Se. The van der Waals surface area contributed by atoms with E-state index >= 15 is 0 Å². The van der Waals surface area contributed by atoms with Gasteiger partial charge >= 0.3 is 60.3 Å². The minimum atomic E-state index is -0.567. The second-order valence-corrected chi connectivity index (χ2v) is 2.11. The van der Waals surface area contributed by atoms with E-state index in [0.717, 1.165) is 0 Å². The second-order valence-electron chi connectivity index (χ2n) is 1.41. The SMILES string of the molecule is NC(=O)[C@H](C[Se])NC=O. The molecule has 0 aromatic rings. The molecule has 0 rings (SSSR count). The zero-order valence-electron chi connectivity index (χ0n) is 4.66. The zero-order chi connectivity index (χ0) is 7.28. The van der Waals surface area contributed by atoms with Crippen molar-refractivity contribution in [3.8, 4) is 0 Å². The molecule has 1 atom stereocenters. The molecule has 0 heterocycles. The third-order valence-electron chi connectivity index (χ3n) is 0.779. The van der Waals surface area contributed by atoms with Gasteiger partial charge in [0.2, 0.25) is 0 Å². The summed E-state index contributed by atoms with van der Waals surface area (Å²) >= 11 is 2.59. The molecule has 2 amide bonds. The average Bonchev–Trinajstić information content (AvgIpc) is 1.82. The van der Waals surface area contributed by atoms with Crippen LogP contribution in [-0.2, 0) is 9.59 Å². The van der Waals surface area contributed by atoms with Gasteiger partial charge in [0.15, 0.2) is 0 Å². The number of carbonyl (C=O) groups is 2. The number of carbonyl (C=O) groups excluding carboxylic acids is 2. The van der Waals surface area contributed by atoms with Crippen molar-refractivity contribution in [2.45, 2.75) is 11.4 Å². The van der Waals surface area contributed by atoms with E-state index in [1.54, 1.807) is 0 Å². The summed E-state index contributed by atoms with van der Waals surface area (Å²) in [6.45, 7) is 0. The molecular weight excluding hydrogens is 187 g/mol. The fourth-order valence-corrected chi connectivity index (χ4v) is 0.841. The maximum absolute atomic E-state index is 10.3. The van der Waals surface area contributed by atoms with Crippen LogP contribution in [0.1, 0.15) is 0 Å². The normalized spacial score (nSPS) is 12.1. The third kappa shape index (κ3) is 3.11. The van der Waals surface area contributed by atoms with E-state index in [1.807, 2.05) is 0 Å². The molecule has 3 N–H and O–H groups in total. The number of nitrogens with one attached hydrogen (secondary N) is 1. The van der Waals surface area contributed by atoms with Crippen molar-refractivity contribution in [3.63, 3.8) is 0 Å². The van der Waals surface area contributed by atoms with Gasteiger partial charge in [0.25, 0.3) is 0 Å². The predicted molar refractivity (Wildman–Crippen MR) is 32.7 cm³/mol. The Labute approximate surface area is 61.0 Å². The van der Waals surface area contributed by atoms with Crippen molar-refractivity contribution in [2.75, 3.05) is 0 Å². The van der Waals surface area contributed by atoms with Crippen molar-refractivity contribution in [3.05, 3.63) is 0 Å². The van der Waals surface area contributed by atoms with Crippen LogP contribution in [0.25, 0.3) is 0 Å². The van der Waals surface area contributed by atoms with E-state index in [-0.39, 0.29) is 0 Å². The topological polar surface area (TPSA) is 72.2 Å². The zero-order valence-corrected chi connectivity index (χ0v) is 6.38. The number of rotatable bonds is 4. The van der Waals surface area contributed by atoms with E-state index in [9.17, 15) is 9.59 Å². The van der Waals surface area contributed by atoms with E-state index in [1.165, 1.54) is 0 Å². The fraction of sp³-hybridized carbons (Fsp3) is 0.500. The molecule has 4 nitrogen and oxygen atoms in total. The summed E-state index contributed by atoms with van der Waals surface area (Å²) < 4.78 is 0. The van der Waals surface area contributed by atoms with Crippen LogP contribution in [0.5, 0.6) is 0 Å². The Morgan fingerprint density at radius 1 is 1.89 bits per heavy atom. The number of primary amides is 1. The number of nitrogens with two attached hydrogens (primary N) is 1. The van der Waals surface area contributed by atoms with Gasteiger partial charge in [-0.25, -0.2) is 0 Å². The van der Waals surface area contributed by atoms with E-state index in [2.05, 4.69) is 21.3 Å². The molecule has 0 aromatic carbocycles. The summed E-state index contributed by atoms with van der Waals surface area (Å²) in [7, 11) is 0. The third-order valence-corrected chi connectivity index (χ3v) is 1.48. The van der Waals surface area contributed by atoms with Gasteiger partial charge in [-0.1, -0.05) is 0 Å². The van der Waals surface area contributed by atoms with Crippen molar-refractivity contribution in [1.29, 1.82) is 0 Å². The molecule has 0 bridgehead atoms. The van der Waals surface area contributed by atoms with Crippen LogP contribution in [0.4, 0.5) is 0 Å². The Morgan fingerprint density at radius 2 is 2.44 bits per heavy atom. The summed E-state index contributed by atoms with van der Waals surface area (Å²) in [5.74, 6) is -0.527. The standard InChI is InChI=1S/C4H7N2O2Se/c5-4(8)3(1-9)6-2-7/h2-3H,1H2,(H2,5,8)(H,6,7)/t3-/m0/s1. The summed E-state index contributed by atoms with van der Waals surface area (Å²) in [6, 6.07) is -0.567. The van der Waals surface area contributed by atoms with E-state index in [4.69, 9.17) is 5.73 Å². The molecule has 5 heteroatoms. The molecule has 0 aromatic heterocycles. The Balaban J connectivity index is 3.67. The van der Waals surface area contributed by atoms with Gasteiger partial charge < -0.3 is 0 Å². The molecule has 9 heavy (non-hydrogen) atoms. The maximum atomic E-state index is 10.3. The summed E-state index contributed by atoms with van der Waals surface area (Å²) in [4.78, 5) is 20.0. The molecule has 0 fully saturated rings. The van der Waals surface area contributed by atoms with Crippen LogP contribution < -0.4 is 11.1 Å². The molecule has 0 aliphatic rings. The van der Waals surface area contributed by atoms with Crippen molar-refractivity contribution >= 4 is 28.3 Å². The second kappa shape index (κ2) is 4.35. The Hall–Kier alpha value is -0.541. The van der Waals surface area contributed by atoms with Gasteiger partial charge in [-0.15, -0.1) is 0 Å². The van der Waals surface area contributed by atoms with Crippen LogP contribution in [-0.4, -0.2) is 34.4 Å². The number of amides is 2. The molecule has 1 radical (unpaired) electrons. The first-order chi connectivity index (χ1) is 4.22. The van der Waals surface area contributed by atoms with Crippen LogP contribution in [0.2, 0.25) is 5.32 Å². The van der Waals surface area contributed by atoms with Gasteiger partial charge in [0, 0.05) is 0 Å². The Morgan fingerprint density at radius 3 is 2.56 bits per heavy atom. The first kappa shape index (κ1) is 8.46. The summed E-state index contributed by atoms with van der Waals surface area (Å²) in [6.07, 6.45) is 0.451. The van der Waals surface area contributed by atoms with E-state index in [0.29, 0.717) is 11.7 Å².